The van der Waals surface area contributed by atoms with Gasteiger partial charge in [0.25, 0.3) is 5.91 Å². The van der Waals surface area contributed by atoms with Crippen molar-refractivity contribution in [2.45, 2.75) is 26.3 Å². The molecule has 27 heavy (non-hydrogen) atoms. The highest BCUT2D eigenvalue weighted by molar-refractivity contribution is 6.30. The molecule has 0 atom stereocenters. The number of carbonyl (C=O) groups excluding carboxylic acids is 2. The second-order valence-electron chi connectivity index (χ2n) is 6.10. The topological polar surface area (TPSA) is 99.9 Å². The van der Waals surface area contributed by atoms with Gasteiger partial charge in [-0.3, -0.25) is 9.59 Å². The van der Waals surface area contributed by atoms with Crippen molar-refractivity contribution in [3.8, 4) is 0 Å². The number of carboxylic acids is 1. The van der Waals surface area contributed by atoms with E-state index in [-0.39, 0.29) is 30.3 Å². The van der Waals surface area contributed by atoms with E-state index < -0.39 is 5.97 Å². The molecular formula is C19H21ClN2O5. The van der Waals surface area contributed by atoms with Crippen molar-refractivity contribution in [3.05, 3.63) is 58.0 Å². The molecule has 0 spiro atoms. The smallest absolute Gasteiger partial charge is 0.339 e. The van der Waals surface area contributed by atoms with Crippen molar-refractivity contribution in [2.75, 3.05) is 13.6 Å². The summed E-state index contributed by atoms with van der Waals surface area (Å²) in [4.78, 5) is 36.6. The fourth-order valence-corrected chi connectivity index (χ4v) is 2.62. The van der Waals surface area contributed by atoms with Crippen LogP contribution in [0.3, 0.4) is 0 Å². The minimum absolute atomic E-state index is 0.0933. The standard InChI is InChI=1S/C19H21ClN2O5/c1-12-16(19(25)26)10-15(27-12)11-22(2)17(23)4-3-9-21-18(24)13-5-7-14(20)8-6-13/h5-8,10H,3-4,9,11H2,1-2H3,(H,21,24)(H,25,26). The number of amides is 2. The summed E-state index contributed by atoms with van der Waals surface area (Å²) in [7, 11) is 1.62. The van der Waals surface area contributed by atoms with Crippen LogP contribution in [0.2, 0.25) is 5.02 Å². The quantitative estimate of drug-likeness (QED) is 0.672. The van der Waals surface area contributed by atoms with E-state index >= 15 is 0 Å². The summed E-state index contributed by atoms with van der Waals surface area (Å²) < 4.78 is 5.37. The molecule has 0 aliphatic carbocycles. The summed E-state index contributed by atoms with van der Waals surface area (Å²) >= 11 is 5.78. The van der Waals surface area contributed by atoms with Crippen molar-refractivity contribution in [2.24, 2.45) is 0 Å². The van der Waals surface area contributed by atoms with E-state index in [1.165, 1.54) is 11.0 Å². The van der Waals surface area contributed by atoms with Gasteiger partial charge in [-0.05, 0) is 43.7 Å². The van der Waals surface area contributed by atoms with Crippen molar-refractivity contribution in [1.82, 2.24) is 10.2 Å². The van der Waals surface area contributed by atoms with Gasteiger partial charge >= 0.3 is 5.97 Å². The van der Waals surface area contributed by atoms with Crippen LogP contribution in [0.15, 0.2) is 34.7 Å². The molecular weight excluding hydrogens is 372 g/mol. The van der Waals surface area contributed by atoms with Crippen LogP contribution in [0.25, 0.3) is 0 Å². The zero-order valence-electron chi connectivity index (χ0n) is 15.1. The molecule has 7 nitrogen and oxygen atoms in total. The highest BCUT2D eigenvalue weighted by Crippen LogP contribution is 2.16. The van der Waals surface area contributed by atoms with Crippen LogP contribution >= 0.6 is 11.6 Å². The summed E-state index contributed by atoms with van der Waals surface area (Å²) in [6, 6.07) is 7.97. The summed E-state index contributed by atoms with van der Waals surface area (Å²) in [5, 5.41) is 12.3. The number of rotatable bonds is 8. The molecule has 1 heterocycles. The molecule has 8 heteroatoms. The maximum absolute atomic E-state index is 12.2. The highest BCUT2D eigenvalue weighted by atomic mass is 35.5. The lowest BCUT2D eigenvalue weighted by atomic mass is 10.2. The number of hydrogen-bond donors (Lipinski definition) is 2. The Morgan fingerprint density at radius 3 is 2.48 bits per heavy atom. The third kappa shape index (κ3) is 5.86. The normalized spacial score (nSPS) is 10.5. The third-order valence-corrected chi connectivity index (χ3v) is 4.23. The average molecular weight is 393 g/mol. The van der Waals surface area contributed by atoms with E-state index in [9.17, 15) is 14.4 Å². The minimum Gasteiger partial charge on any atom is -0.478 e. The molecule has 0 unspecified atom stereocenters. The van der Waals surface area contributed by atoms with Gasteiger partial charge in [0.2, 0.25) is 5.91 Å². The molecule has 2 N–H and O–H groups in total. The number of aromatic carboxylic acids is 1. The first kappa shape index (κ1) is 20.5. The van der Waals surface area contributed by atoms with Gasteiger partial charge in [0, 0.05) is 30.6 Å². The van der Waals surface area contributed by atoms with E-state index in [1.807, 2.05) is 0 Å². The lowest BCUT2D eigenvalue weighted by Crippen LogP contribution is -2.28. The number of furan rings is 1. The van der Waals surface area contributed by atoms with Crippen LogP contribution in [0, 0.1) is 6.92 Å². The Kier molecular flexibility index (Phi) is 7.01. The predicted octanol–water partition coefficient (Wildman–Crippen LogP) is 3.11. The Labute approximate surface area is 161 Å². The van der Waals surface area contributed by atoms with E-state index in [0.717, 1.165) is 0 Å². The Bertz CT molecular complexity index is 829. The van der Waals surface area contributed by atoms with E-state index in [2.05, 4.69) is 5.32 Å². The largest absolute Gasteiger partial charge is 0.478 e. The molecule has 1 aromatic heterocycles. The van der Waals surface area contributed by atoms with Gasteiger partial charge in [0.05, 0.1) is 6.54 Å². The Morgan fingerprint density at radius 2 is 1.89 bits per heavy atom. The molecule has 1 aromatic carbocycles. The van der Waals surface area contributed by atoms with Crippen molar-refractivity contribution >= 4 is 29.4 Å². The van der Waals surface area contributed by atoms with Gasteiger partial charge in [0.1, 0.15) is 17.1 Å². The predicted molar refractivity (Wildman–Crippen MR) is 99.9 cm³/mol. The maximum Gasteiger partial charge on any atom is 0.339 e. The fraction of sp³-hybridized carbons (Fsp3) is 0.316. The first-order valence-corrected chi connectivity index (χ1v) is 8.76. The number of nitrogens with one attached hydrogen (secondary N) is 1. The maximum atomic E-state index is 12.2. The lowest BCUT2D eigenvalue weighted by molar-refractivity contribution is -0.130. The molecule has 2 aromatic rings. The van der Waals surface area contributed by atoms with Gasteiger partial charge in [-0.25, -0.2) is 4.79 Å². The average Bonchev–Trinajstić information content (AvgIpc) is 2.99. The minimum atomic E-state index is -1.06. The van der Waals surface area contributed by atoms with Crippen LogP contribution in [-0.4, -0.2) is 41.4 Å². The molecule has 144 valence electrons. The molecule has 0 fully saturated rings. The number of hydrogen-bond acceptors (Lipinski definition) is 4. The van der Waals surface area contributed by atoms with Crippen LogP contribution in [0.5, 0.6) is 0 Å². The van der Waals surface area contributed by atoms with Gasteiger partial charge in [-0.15, -0.1) is 0 Å². The molecule has 0 bridgehead atoms. The molecule has 0 saturated heterocycles. The Morgan fingerprint density at radius 1 is 1.22 bits per heavy atom. The zero-order chi connectivity index (χ0) is 20.0. The van der Waals surface area contributed by atoms with Crippen molar-refractivity contribution < 1.29 is 23.9 Å². The molecule has 0 aliphatic heterocycles. The van der Waals surface area contributed by atoms with Crippen molar-refractivity contribution in [1.29, 1.82) is 0 Å². The summed E-state index contributed by atoms with van der Waals surface area (Å²) in [5.74, 6) is -0.686. The lowest BCUT2D eigenvalue weighted by Gasteiger charge is -2.15. The van der Waals surface area contributed by atoms with Gasteiger partial charge in [-0.1, -0.05) is 11.6 Å². The highest BCUT2D eigenvalue weighted by Gasteiger charge is 2.16. The van der Waals surface area contributed by atoms with Gasteiger partial charge in [0.15, 0.2) is 0 Å². The number of carboxylic acid groups (broad SMARTS) is 1. The molecule has 2 amide bonds. The summed E-state index contributed by atoms with van der Waals surface area (Å²) in [6.45, 7) is 2.12. The van der Waals surface area contributed by atoms with Crippen molar-refractivity contribution in [3.63, 3.8) is 0 Å². The van der Waals surface area contributed by atoms with E-state index in [4.69, 9.17) is 21.1 Å². The number of aryl methyl sites for hydroxylation is 1. The third-order valence-electron chi connectivity index (χ3n) is 3.98. The van der Waals surface area contributed by atoms with Gasteiger partial charge < -0.3 is 19.7 Å². The first-order chi connectivity index (χ1) is 12.8. The fourth-order valence-electron chi connectivity index (χ4n) is 2.49. The SMILES string of the molecule is Cc1oc(CN(C)C(=O)CCCNC(=O)c2ccc(Cl)cc2)cc1C(=O)O. The Balaban J connectivity index is 1.75. The second kappa shape index (κ2) is 9.23. The van der Waals surface area contributed by atoms with Crippen LogP contribution in [-0.2, 0) is 11.3 Å². The van der Waals surface area contributed by atoms with Gasteiger partial charge in [-0.2, -0.15) is 0 Å². The van der Waals surface area contributed by atoms with Crippen LogP contribution in [0.4, 0.5) is 0 Å². The summed E-state index contributed by atoms with van der Waals surface area (Å²) in [6.07, 6.45) is 0.739. The number of nitrogens with zero attached hydrogens (tertiary/aromatic N) is 1. The zero-order valence-corrected chi connectivity index (χ0v) is 15.9. The second-order valence-corrected chi connectivity index (χ2v) is 6.54. The first-order valence-electron chi connectivity index (χ1n) is 8.38. The van der Waals surface area contributed by atoms with Crippen LogP contribution < -0.4 is 5.32 Å². The van der Waals surface area contributed by atoms with E-state index in [1.54, 1.807) is 38.2 Å². The molecule has 0 saturated carbocycles. The molecule has 0 aliphatic rings. The summed E-state index contributed by atoms with van der Waals surface area (Å²) in [5.41, 5.74) is 0.598. The number of halogens is 1. The number of benzene rings is 1. The monoisotopic (exact) mass is 392 g/mol. The molecule has 2 rings (SSSR count). The van der Waals surface area contributed by atoms with Crippen LogP contribution in [0.1, 0.15) is 45.1 Å². The molecule has 0 radical (unpaired) electrons. The number of carbonyl (C=O) groups is 3. The Hall–Kier alpha value is -2.80. The van der Waals surface area contributed by atoms with E-state index in [0.29, 0.717) is 35.1 Å².